The van der Waals surface area contributed by atoms with Crippen LogP contribution in [0.3, 0.4) is 0 Å². The van der Waals surface area contributed by atoms with Crippen molar-refractivity contribution in [1.82, 2.24) is 4.98 Å². The van der Waals surface area contributed by atoms with E-state index in [-0.39, 0.29) is 0 Å². The van der Waals surface area contributed by atoms with E-state index in [0.29, 0.717) is 0 Å². The first kappa shape index (κ1) is 16.0. The molecule has 0 spiro atoms. The van der Waals surface area contributed by atoms with E-state index in [1.807, 2.05) is 6.07 Å². The molecule has 0 saturated heterocycles. The SMILES string of the molecule is CCCCCCCNc1ccc(-c2nc3ccccc3s2)cc1. The van der Waals surface area contributed by atoms with Crippen molar-refractivity contribution >= 4 is 27.2 Å². The second-order valence-corrected chi connectivity index (χ2v) is 6.94. The van der Waals surface area contributed by atoms with Crippen molar-refractivity contribution in [3.05, 3.63) is 48.5 Å². The molecular weight excluding hydrogens is 300 g/mol. The molecule has 1 heterocycles. The van der Waals surface area contributed by atoms with Gasteiger partial charge in [-0.05, 0) is 42.8 Å². The lowest BCUT2D eigenvalue weighted by molar-refractivity contribution is 0.645. The van der Waals surface area contributed by atoms with Gasteiger partial charge in [-0.2, -0.15) is 0 Å². The number of unbranched alkanes of at least 4 members (excludes halogenated alkanes) is 4. The zero-order valence-electron chi connectivity index (χ0n) is 13.7. The molecule has 0 unspecified atom stereocenters. The van der Waals surface area contributed by atoms with Gasteiger partial charge < -0.3 is 5.32 Å². The third kappa shape index (κ3) is 4.32. The predicted molar refractivity (Wildman–Crippen MR) is 102 cm³/mol. The number of thiazole rings is 1. The minimum absolute atomic E-state index is 1.06. The number of rotatable bonds is 8. The molecule has 0 aliphatic heterocycles. The number of nitrogens with one attached hydrogen (secondary N) is 1. The maximum Gasteiger partial charge on any atom is 0.124 e. The quantitative estimate of drug-likeness (QED) is 0.489. The summed E-state index contributed by atoms with van der Waals surface area (Å²) < 4.78 is 1.25. The van der Waals surface area contributed by atoms with E-state index in [2.05, 4.69) is 54.7 Å². The highest BCUT2D eigenvalue weighted by atomic mass is 32.1. The highest BCUT2D eigenvalue weighted by Gasteiger charge is 2.05. The fraction of sp³-hybridized carbons (Fsp3) is 0.350. The topological polar surface area (TPSA) is 24.9 Å². The molecule has 0 aliphatic carbocycles. The van der Waals surface area contributed by atoms with E-state index >= 15 is 0 Å². The zero-order valence-corrected chi connectivity index (χ0v) is 14.5. The van der Waals surface area contributed by atoms with E-state index < -0.39 is 0 Å². The molecule has 3 rings (SSSR count). The van der Waals surface area contributed by atoms with E-state index in [4.69, 9.17) is 4.98 Å². The molecule has 1 aromatic heterocycles. The lowest BCUT2D eigenvalue weighted by atomic mass is 10.1. The first-order chi connectivity index (χ1) is 11.4. The summed E-state index contributed by atoms with van der Waals surface area (Å²) >= 11 is 1.75. The molecular formula is C20H24N2S. The molecule has 0 amide bonds. The minimum atomic E-state index is 1.06. The van der Waals surface area contributed by atoms with Crippen molar-refractivity contribution in [3.8, 4) is 10.6 Å². The van der Waals surface area contributed by atoms with Crippen LogP contribution >= 0.6 is 11.3 Å². The molecule has 1 N–H and O–H groups in total. The van der Waals surface area contributed by atoms with Crippen molar-refractivity contribution in [2.24, 2.45) is 0 Å². The number of hydrogen-bond acceptors (Lipinski definition) is 3. The fourth-order valence-corrected chi connectivity index (χ4v) is 3.66. The monoisotopic (exact) mass is 324 g/mol. The van der Waals surface area contributed by atoms with E-state index in [1.165, 1.54) is 48.1 Å². The second-order valence-electron chi connectivity index (χ2n) is 5.91. The van der Waals surface area contributed by atoms with Crippen molar-refractivity contribution in [2.75, 3.05) is 11.9 Å². The third-order valence-corrected chi connectivity index (χ3v) is 5.12. The number of nitrogens with zero attached hydrogens (tertiary/aromatic N) is 1. The van der Waals surface area contributed by atoms with Crippen LogP contribution in [0.4, 0.5) is 5.69 Å². The van der Waals surface area contributed by atoms with Crippen molar-refractivity contribution < 1.29 is 0 Å². The molecule has 0 saturated carbocycles. The van der Waals surface area contributed by atoms with Gasteiger partial charge in [-0.25, -0.2) is 4.98 Å². The van der Waals surface area contributed by atoms with Gasteiger partial charge in [-0.15, -0.1) is 11.3 Å². The Balaban J connectivity index is 1.56. The molecule has 2 nitrogen and oxygen atoms in total. The number of aromatic nitrogens is 1. The van der Waals surface area contributed by atoms with Crippen molar-refractivity contribution in [2.45, 2.75) is 39.0 Å². The van der Waals surface area contributed by atoms with E-state index in [0.717, 1.165) is 17.1 Å². The summed E-state index contributed by atoms with van der Waals surface area (Å²) in [6, 6.07) is 17.0. The van der Waals surface area contributed by atoms with Crippen LogP contribution in [0.2, 0.25) is 0 Å². The van der Waals surface area contributed by atoms with E-state index in [9.17, 15) is 0 Å². The standard InChI is InChI=1S/C20H24N2S/c1-2-3-4-5-8-15-21-17-13-11-16(12-14-17)20-22-18-9-6-7-10-19(18)23-20/h6-7,9-14,21H,2-5,8,15H2,1H3. The zero-order chi connectivity index (χ0) is 15.9. The van der Waals surface area contributed by atoms with Gasteiger partial charge in [-0.3, -0.25) is 0 Å². The Bertz CT molecular complexity index is 698. The van der Waals surface area contributed by atoms with Gasteiger partial charge in [0.2, 0.25) is 0 Å². The molecule has 3 aromatic rings. The van der Waals surface area contributed by atoms with Crippen LogP contribution < -0.4 is 5.32 Å². The van der Waals surface area contributed by atoms with Crippen LogP contribution in [0.15, 0.2) is 48.5 Å². The third-order valence-electron chi connectivity index (χ3n) is 4.04. The summed E-state index contributed by atoms with van der Waals surface area (Å²) in [4.78, 5) is 4.71. The van der Waals surface area contributed by atoms with Crippen LogP contribution in [0.25, 0.3) is 20.8 Å². The number of fused-ring (bicyclic) bond motifs is 1. The van der Waals surface area contributed by atoms with Gasteiger partial charge in [0.05, 0.1) is 10.2 Å². The van der Waals surface area contributed by atoms with Crippen LogP contribution in [0.5, 0.6) is 0 Å². The van der Waals surface area contributed by atoms with Gasteiger partial charge in [0.1, 0.15) is 5.01 Å². The first-order valence-corrected chi connectivity index (χ1v) is 9.38. The average Bonchev–Trinajstić information content (AvgIpc) is 3.02. The number of para-hydroxylation sites is 1. The van der Waals surface area contributed by atoms with Gasteiger partial charge in [0.15, 0.2) is 0 Å². The Kier molecular flexibility index (Phi) is 5.65. The van der Waals surface area contributed by atoms with Gasteiger partial charge in [0, 0.05) is 17.8 Å². The van der Waals surface area contributed by atoms with Gasteiger partial charge in [0.25, 0.3) is 0 Å². The summed E-state index contributed by atoms with van der Waals surface area (Å²) in [7, 11) is 0. The highest BCUT2D eigenvalue weighted by molar-refractivity contribution is 7.21. The van der Waals surface area contributed by atoms with Gasteiger partial charge in [-0.1, -0.05) is 44.7 Å². The molecule has 0 fully saturated rings. The molecule has 0 radical (unpaired) electrons. The lowest BCUT2D eigenvalue weighted by Crippen LogP contribution is -2.01. The highest BCUT2D eigenvalue weighted by Crippen LogP contribution is 2.30. The normalized spacial score (nSPS) is 11.0. The molecule has 3 heteroatoms. The van der Waals surface area contributed by atoms with Crippen LogP contribution in [-0.2, 0) is 0 Å². The van der Waals surface area contributed by atoms with E-state index in [1.54, 1.807) is 11.3 Å². The Labute approximate surface area is 142 Å². The summed E-state index contributed by atoms with van der Waals surface area (Å²) in [5.74, 6) is 0. The molecule has 0 aliphatic rings. The Morgan fingerprint density at radius 3 is 2.48 bits per heavy atom. The molecule has 2 aromatic carbocycles. The predicted octanol–water partition coefficient (Wildman–Crippen LogP) is 6.35. The number of anilines is 1. The number of benzene rings is 2. The summed E-state index contributed by atoms with van der Waals surface area (Å²) in [6.07, 6.45) is 6.59. The van der Waals surface area contributed by atoms with Gasteiger partial charge >= 0.3 is 0 Å². The first-order valence-electron chi connectivity index (χ1n) is 8.56. The fourth-order valence-electron chi connectivity index (χ4n) is 2.69. The maximum atomic E-state index is 4.71. The van der Waals surface area contributed by atoms with Crippen LogP contribution in [-0.4, -0.2) is 11.5 Å². The van der Waals surface area contributed by atoms with Crippen LogP contribution in [0.1, 0.15) is 39.0 Å². The average molecular weight is 324 g/mol. The maximum absolute atomic E-state index is 4.71. The smallest absolute Gasteiger partial charge is 0.124 e. The molecule has 23 heavy (non-hydrogen) atoms. The lowest BCUT2D eigenvalue weighted by Gasteiger charge is -2.06. The Morgan fingerprint density at radius 1 is 0.913 bits per heavy atom. The largest absolute Gasteiger partial charge is 0.385 e. The van der Waals surface area contributed by atoms with Crippen molar-refractivity contribution in [3.63, 3.8) is 0 Å². The Morgan fingerprint density at radius 2 is 1.70 bits per heavy atom. The Hall–Kier alpha value is -1.87. The molecule has 0 atom stereocenters. The molecule has 120 valence electrons. The summed E-state index contributed by atoms with van der Waals surface area (Å²) in [6.45, 7) is 3.31. The minimum Gasteiger partial charge on any atom is -0.385 e. The summed E-state index contributed by atoms with van der Waals surface area (Å²) in [5.41, 5.74) is 3.48. The summed E-state index contributed by atoms with van der Waals surface area (Å²) in [5, 5.41) is 4.60. The van der Waals surface area contributed by atoms with Crippen LogP contribution in [0, 0.1) is 0 Å². The second kappa shape index (κ2) is 8.11. The number of hydrogen-bond donors (Lipinski definition) is 1. The van der Waals surface area contributed by atoms with Crippen molar-refractivity contribution in [1.29, 1.82) is 0 Å². The molecule has 0 bridgehead atoms.